The average molecular weight is 467 g/mol. The van der Waals surface area contributed by atoms with E-state index in [2.05, 4.69) is 49.5 Å². The van der Waals surface area contributed by atoms with E-state index in [1.54, 1.807) is 7.11 Å². The Bertz CT molecular complexity index is 1270. The number of alkyl carbamates (subject to hydrolysis) is 1. The number of methoxy groups -OCH3 is 1. The molecule has 3 aromatic carbocycles. The highest BCUT2D eigenvalue weighted by molar-refractivity contribution is 6.03. The molecule has 0 unspecified atom stereocenters. The number of rotatable bonds is 5. The van der Waals surface area contributed by atoms with Crippen molar-refractivity contribution in [2.24, 2.45) is 10.9 Å². The summed E-state index contributed by atoms with van der Waals surface area (Å²) in [5.41, 5.74) is 4.66. The monoisotopic (exact) mass is 466 g/mol. The second-order valence-corrected chi connectivity index (χ2v) is 9.26. The van der Waals surface area contributed by atoms with E-state index in [0.29, 0.717) is 0 Å². The van der Waals surface area contributed by atoms with Gasteiger partial charge in [0.1, 0.15) is 12.4 Å². The highest BCUT2D eigenvalue weighted by atomic mass is 16.5. The second-order valence-electron chi connectivity index (χ2n) is 9.26. The molecule has 1 heterocycles. The van der Waals surface area contributed by atoms with Crippen LogP contribution < -0.4 is 10.1 Å². The molecule has 2 aliphatic rings. The van der Waals surface area contributed by atoms with Crippen LogP contribution in [-0.4, -0.2) is 25.0 Å². The summed E-state index contributed by atoms with van der Waals surface area (Å²) in [5, 5.41) is 3.18. The number of nitrogens with one attached hydrogen (secondary N) is 1. The predicted octanol–water partition coefficient (Wildman–Crippen LogP) is 6.32. The Morgan fingerprint density at radius 1 is 0.971 bits per heavy atom. The van der Waals surface area contributed by atoms with Gasteiger partial charge in [0.05, 0.1) is 24.3 Å². The first-order chi connectivity index (χ1) is 17.0. The molecule has 1 amide bonds. The van der Waals surface area contributed by atoms with Gasteiger partial charge in [0.2, 0.25) is 0 Å². The lowest BCUT2D eigenvalue weighted by molar-refractivity contribution is 0.132. The molecule has 4 atom stereocenters. The molecule has 5 rings (SSSR count). The number of para-hydroxylation sites is 1. The summed E-state index contributed by atoms with van der Waals surface area (Å²) in [6.07, 6.45) is 3.86. The van der Waals surface area contributed by atoms with Crippen LogP contribution in [0.15, 0.2) is 96.0 Å². The van der Waals surface area contributed by atoms with Gasteiger partial charge in [0, 0.05) is 11.6 Å². The van der Waals surface area contributed by atoms with Crippen LogP contribution in [0.5, 0.6) is 5.75 Å². The predicted molar refractivity (Wildman–Crippen MR) is 138 cm³/mol. The smallest absolute Gasteiger partial charge is 0.407 e. The van der Waals surface area contributed by atoms with Gasteiger partial charge in [-0.1, -0.05) is 79.7 Å². The third kappa shape index (κ3) is 4.01. The Balaban J connectivity index is 1.54. The van der Waals surface area contributed by atoms with E-state index in [0.717, 1.165) is 28.3 Å². The molecule has 1 aliphatic carbocycles. The summed E-state index contributed by atoms with van der Waals surface area (Å²) < 4.78 is 11.0. The number of amides is 1. The van der Waals surface area contributed by atoms with Crippen molar-refractivity contribution < 1.29 is 14.3 Å². The fraction of sp³-hybridized carbons (Fsp3) is 0.267. The molecule has 5 heteroatoms. The molecule has 0 radical (unpaired) electrons. The summed E-state index contributed by atoms with van der Waals surface area (Å²) in [5.74, 6) is 1.10. The summed E-state index contributed by atoms with van der Waals surface area (Å²) in [4.78, 5) is 18.0. The third-order valence-corrected chi connectivity index (χ3v) is 7.31. The lowest BCUT2D eigenvalue weighted by atomic mass is 9.55. The number of fused-ring (bicyclic) bond motifs is 2. The lowest BCUT2D eigenvalue weighted by Crippen LogP contribution is -2.58. The Labute approximate surface area is 206 Å². The zero-order valence-corrected chi connectivity index (χ0v) is 20.3. The van der Waals surface area contributed by atoms with Crippen LogP contribution in [0, 0.1) is 5.92 Å². The van der Waals surface area contributed by atoms with Gasteiger partial charge in [-0.15, -0.1) is 0 Å². The van der Waals surface area contributed by atoms with Crippen LogP contribution in [0.1, 0.15) is 36.5 Å². The number of ether oxygens (including phenoxy) is 2. The number of carbonyl (C=O) groups is 1. The molecule has 1 N–H and O–H groups in total. The Hall–Kier alpha value is -3.86. The van der Waals surface area contributed by atoms with Gasteiger partial charge in [-0.3, -0.25) is 4.99 Å². The minimum absolute atomic E-state index is 0.0604. The molecular formula is C30H30N2O3. The normalized spacial score (nSPS) is 24.5. The fourth-order valence-electron chi connectivity index (χ4n) is 5.76. The maximum absolute atomic E-state index is 13.0. The number of hydrogen-bond acceptors (Lipinski definition) is 4. The van der Waals surface area contributed by atoms with Crippen molar-refractivity contribution in [3.05, 3.63) is 108 Å². The molecule has 0 fully saturated rings. The molecule has 0 bridgehead atoms. The maximum Gasteiger partial charge on any atom is 0.407 e. The van der Waals surface area contributed by atoms with Crippen molar-refractivity contribution in [1.29, 1.82) is 0 Å². The van der Waals surface area contributed by atoms with E-state index < -0.39 is 11.5 Å². The molecule has 1 aliphatic heterocycles. The molecule has 3 aromatic rings. The SMILES string of the molecule is COc1ccc([C@H]2[C@H](C)C=C[C@@H](NC(=O)OCc3ccccc3)[C@]23C(C)=Nc2ccccc23)cc1. The van der Waals surface area contributed by atoms with Gasteiger partial charge in [-0.2, -0.15) is 0 Å². The fourth-order valence-corrected chi connectivity index (χ4v) is 5.76. The van der Waals surface area contributed by atoms with Crippen LogP contribution in [0.25, 0.3) is 0 Å². The number of allylic oxidation sites excluding steroid dienone is 1. The van der Waals surface area contributed by atoms with Gasteiger partial charge < -0.3 is 14.8 Å². The van der Waals surface area contributed by atoms with Crippen LogP contribution in [-0.2, 0) is 16.8 Å². The van der Waals surface area contributed by atoms with E-state index in [9.17, 15) is 4.79 Å². The molecular weight excluding hydrogens is 436 g/mol. The van der Waals surface area contributed by atoms with E-state index in [-0.39, 0.29) is 24.5 Å². The quantitative estimate of drug-likeness (QED) is 0.448. The zero-order chi connectivity index (χ0) is 24.4. The summed E-state index contributed by atoms with van der Waals surface area (Å²) in [6, 6.07) is 25.9. The van der Waals surface area contributed by atoms with Crippen LogP contribution >= 0.6 is 0 Å². The summed E-state index contributed by atoms with van der Waals surface area (Å²) in [7, 11) is 1.67. The Morgan fingerprint density at radius 3 is 2.43 bits per heavy atom. The molecule has 1 spiro atoms. The molecule has 0 saturated heterocycles. The van der Waals surface area contributed by atoms with Crippen molar-refractivity contribution in [2.45, 2.75) is 37.8 Å². The van der Waals surface area contributed by atoms with Crippen LogP contribution in [0.2, 0.25) is 0 Å². The van der Waals surface area contributed by atoms with Crippen molar-refractivity contribution in [2.75, 3.05) is 7.11 Å². The van der Waals surface area contributed by atoms with Crippen molar-refractivity contribution in [3.63, 3.8) is 0 Å². The number of hydrogen-bond donors (Lipinski definition) is 1. The van der Waals surface area contributed by atoms with E-state index >= 15 is 0 Å². The van der Waals surface area contributed by atoms with Gasteiger partial charge in [0.15, 0.2) is 0 Å². The van der Waals surface area contributed by atoms with Gasteiger partial charge in [0.25, 0.3) is 0 Å². The van der Waals surface area contributed by atoms with E-state index in [1.807, 2.05) is 60.7 Å². The maximum atomic E-state index is 13.0. The summed E-state index contributed by atoms with van der Waals surface area (Å²) >= 11 is 0. The third-order valence-electron chi connectivity index (χ3n) is 7.31. The van der Waals surface area contributed by atoms with Crippen LogP contribution in [0.4, 0.5) is 10.5 Å². The van der Waals surface area contributed by atoms with Gasteiger partial charge >= 0.3 is 6.09 Å². The standard InChI is InChI=1S/C30H30N2O3/c1-20-13-18-27(32-29(33)35-19-22-9-5-4-6-10-22)30(21(2)31-26-12-8-7-11-25(26)30)28(20)23-14-16-24(34-3)17-15-23/h4-18,20,27-28H,19H2,1-3H3,(H,32,33)/t20-,27-,28-,30-/m1/s1. The van der Waals surface area contributed by atoms with Crippen molar-refractivity contribution in [1.82, 2.24) is 5.32 Å². The van der Waals surface area contributed by atoms with E-state index in [4.69, 9.17) is 14.5 Å². The first-order valence-electron chi connectivity index (χ1n) is 12.0. The van der Waals surface area contributed by atoms with E-state index in [1.165, 1.54) is 5.56 Å². The number of aliphatic imine (C=N–C) groups is 1. The van der Waals surface area contributed by atoms with Gasteiger partial charge in [-0.25, -0.2) is 4.79 Å². The first kappa shape index (κ1) is 22.9. The number of nitrogens with zero attached hydrogens (tertiary/aromatic N) is 1. The number of carbonyl (C=O) groups excluding carboxylic acids is 1. The summed E-state index contributed by atoms with van der Waals surface area (Å²) in [6.45, 7) is 4.52. The average Bonchev–Trinajstić information content (AvgIpc) is 3.17. The first-order valence-corrected chi connectivity index (χ1v) is 12.0. The Kier molecular flexibility index (Phi) is 6.16. The molecule has 0 saturated carbocycles. The highest BCUT2D eigenvalue weighted by Gasteiger charge is 2.56. The minimum atomic E-state index is -0.537. The van der Waals surface area contributed by atoms with Crippen molar-refractivity contribution >= 4 is 17.5 Å². The molecule has 178 valence electrons. The van der Waals surface area contributed by atoms with Crippen LogP contribution in [0.3, 0.4) is 0 Å². The zero-order valence-electron chi connectivity index (χ0n) is 20.3. The highest BCUT2D eigenvalue weighted by Crippen LogP contribution is 2.56. The topological polar surface area (TPSA) is 59.9 Å². The molecule has 5 nitrogen and oxygen atoms in total. The lowest BCUT2D eigenvalue weighted by Gasteiger charge is -2.48. The second kappa shape index (κ2) is 9.41. The largest absolute Gasteiger partial charge is 0.497 e. The van der Waals surface area contributed by atoms with Crippen molar-refractivity contribution in [3.8, 4) is 5.75 Å². The molecule has 0 aromatic heterocycles. The number of benzene rings is 3. The minimum Gasteiger partial charge on any atom is -0.497 e. The Morgan fingerprint density at radius 2 is 1.69 bits per heavy atom. The van der Waals surface area contributed by atoms with Gasteiger partial charge in [-0.05, 0) is 47.7 Å². The molecule has 35 heavy (non-hydrogen) atoms.